The van der Waals surface area contributed by atoms with E-state index in [1.54, 1.807) is 17.9 Å². The van der Waals surface area contributed by atoms with E-state index in [-0.39, 0.29) is 24.4 Å². The second kappa shape index (κ2) is 8.17. The van der Waals surface area contributed by atoms with Crippen LogP contribution in [-0.2, 0) is 14.3 Å². The molecular weight excluding hydrogens is 350 g/mol. The number of piperidine rings is 1. The minimum atomic E-state index is -0.221. The Morgan fingerprint density at radius 3 is 2.86 bits per heavy atom. The Morgan fingerprint density at radius 2 is 2.14 bits per heavy atom. The Morgan fingerprint density at radius 1 is 1.36 bits per heavy atom. The highest BCUT2D eigenvalue weighted by atomic mass is 79.9. The van der Waals surface area contributed by atoms with Crippen molar-refractivity contribution in [2.24, 2.45) is 5.92 Å². The molecule has 0 N–H and O–H groups in total. The van der Waals surface area contributed by atoms with Gasteiger partial charge in [0.05, 0.1) is 17.0 Å². The highest BCUT2D eigenvalue weighted by Crippen LogP contribution is 2.24. The number of ether oxygens (including phenoxy) is 2. The van der Waals surface area contributed by atoms with Crippen molar-refractivity contribution in [1.82, 2.24) is 4.90 Å². The van der Waals surface area contributed by atoms with Gasteiger partial charge in [0.25, 0.3) is 5.91 Å². The van der Waals surface area contributed by atoms with E-state index in [0.717, 1.165) is 17.3 Å². The molecule has 6 heteroatoms. The summed E-state index contributed by atoms with van der Waals surface area (Å²) in [5, 5.41) is 0. The molecule has 0 saturated carbocycles. The summed E-state index contributed by atoms with van der Waals surface area (Å²) >= 11 is 3.38. The van der Waals surface area contributed by atoms with Crippen molar-refractivity contribution in [1.29, 1.82) is 0 Å². The SMILES string of the molecule is CCOC(=O)C1CCCN(C(=O)COc2ccccc2Br)C1. The zero-order valence-corrected chi connectivity index (χ0v) is 14.2. The number of hydrogen-bond donors (Lipinski definition) is 0. The smallest absolute Gasteiger partial charge is 0.310 e. The fourth-order valence-electron chi connectivity index (χ4n) is 2.45. The predicted molar refractivity (Wildman–Crippen MR) is 85.6 cm³/mol. The summed E-state index contributed by atoms with van der Waals surface area (Å²) in [5.74, 6) is 0.0902. The summed E-state index contributed by atoms with van der Waals surface area (Å²) in [6.45, 7) is 3.20. The van der Waals surface area contributed by atoms with Crippen LogP contribution < -0.4 is 4.74 Å². The number of amides is 1. The van der Waals surface area contributed by atoms with Gasteiger partial charge in [-0.25, -0.2) is 0 Å². The third-order valence-corrected chi connectivity index (χ3v) is 4.24. The van der Waals surface area contributed by atoms with E-state index in [1.807, 2.05) is 18.2 Å². The van der Waals surface area contributed by atoms with Crippen LogP contribution in [0.15, 0.2) is 28.7 Å². The molecule has 0 bridgehead atoms. The van der Waals surface area contributed by atoms with Crippen LogP contribution in [0.1, 0.15) is 19.8 Å². The summed E-state index contributed by atoms with van der Waals surface area (Å²) in [6, 6.07) is 7.39. The molecule has 1 aliphatic heterocycles. The molecule has 2 rings (SSSR count). The monoisotopic (exact) mass is 369 g/mol. The Labute approximate surface area is 138 Å². The number of para-hydroxylation sites is 1. The summed E-state index contributed by atoms with van der Waals surface area (Å²) in [7, 11) is 0. The lowest BCUT2D eigenvalue weighted by Gasteiger charge is -2.31. The highest BCUT2D eigenvalue weighted by Gasteiger charge is 2.29. The number of halogens is 1. The van der Waals surface area contributed by atoms with Crippen LogP contribution in [0, 0.1) is 5.92 Å². The van der Waals surface area contributed by atoms with Gasteiger partial charge >= 0.3 is 5.97 Å². The largest absolute Gasteiger partial charge is 0.483 e. The van der Waals surface area contributed by atoms with Crippen LogP contribution >= 0.6 is 15.9 Å². The van der Waals surface area contributed by atoms with Crippen LogP contribution in [0.2, 0.25) is 0 Å². The van der Waals surface area contributed by atoms with Crippen molar-refractivity contribution >= 4 is 27.8 Å². The zero-order valence-electron chi connectivity index (χ0n) is 12.6. The number of rotatable bonds is 5. The minimum Gasteiger partial charge on any atom is -0.483 e. The van der Waals surface area contributed by atoms with Gasteiger partial charge in [-0.1, -0.05) is 12.1 Å². The zero-order chi connectivity index (χ0) is 15.9. The molecular formula is C16H20BrNO4. The van der Waals surface area contributed by atoms with E-state index in [2.05, 4.69) is 15.9 Å². The first-order chi connectivity index (χ1) is 10.6. The maximum Gasteiger partial charge on any atom is 0.310 e. The summed E-state index contributed by atoms with van der Waals surface area (Å²) in [6.07, 6.45) is 1.58. The van der Waals surface area contributed by atoms with Crippen molar-refractivity contribution in [2.45, 2.75) is 19.8 Å². The lowest BCUT2D eigenvalue weighted by Crippen LogP contribution is -2.44. The number of benzene rings is 1. The van der Waals surface area contributed by atoms with Crippen molar-refractivity contribution in [3.8, 4) is 5.75 Å². The third kappa shape index (κ3) is 4.47. The Kier molecular flexibility index (Phi) is 6.24. The fraction of sp³-hybridized carbons (Fsp3) is 0.500. The molecule has 0 spiro atoms. The van der Waals surface area contributed by atoms with Crippen LogP contribution in [0.3, 0.4) is 0 Å². The molecule has 1 unspecified atom stereocenters. The number of carbonyl (C=O) groups is 2. The van der Waals surface area contributed by atoms with Gasteiger partial charge in [-0.3, -0.25) is 9.59 Å². The minimum absolute atomic E-state index is 0.0296. The molecule has 1 aliphatic rings. The van der Waals surface area contributed by atoms with Gasteiger partial charge in [0.15, 0.2) is 6.61 Å². The number of esters is 1. The predicted octanol–water partition coefficient (Wildman–Crippen LogP) is 2.63. The topological polar surface area (TPSA) is 55.8 Å². The van der Waals surface area contributed by atoms with Gasteiger partial charge in [0.1, 0.15) is 5.75 Å². The van der Waals surface area contributed by atoms with Gasteiger partial charge in [0.2, 0.25) is 0 Å². The molecule has 0 aromatic heterocycles. The van der Waals surface area contributed by atoms with E-state index in [1.165, 1.54) is 0 Å². The Balaban J connectivity index is 1.87. The average molecular weight is 370 g/mol. The highest BCUT2D eigenvalue weighted by molar-refractivity contribution is 9.10. The van der Waals surface area contributed by atoms with Crippen molar-refractivity contribution < 1.29 is 19.1 Å². The van der Waals surface area contributed by atoms with E-state index in [9.17, 15) is 9.59 Å². The molecule has 0 aliphatic carbocycles. The normalized spacial score (nSPS) is 17.9. The van der Waals surface area contributed by atoms with Gasteiger partial charge in [0, 0.05) is 13.1 Å². The molecule has 120 valence electrons. The molecule has 1 amide bonds. The van der Waals surface area contributed by atoms with E-state index in [4.69, 9.17) is 9.47 Å². The van der Waals surface area contributed by atoms with E-state index in [0.29, 0.717) is 25.4 Å². The van der Waals surface area contributed by atoms with Gasteiger partial charge < -0.3 is 14.4 Å². The van der Waals surface area contributed by atoms with Crippen LogP contribution in [-0.4, -0.2) is 43.1 Å². The maximum atomic E-state index is 12.2. The van der Waals surface area contributed by atoms with Crippen molar-refractivity contribution in [3.05, 3.63) is 28.7 Å². The molecule has 1 heterocycles. The van der Waals surface area contributed by atoms with Crippen LogP contribution in [0.4, 0.5) is 0 Å². The lowest BCUT2D eigenvalue weighted by molar-refractivity contribution is -0.151. The van der Waals surface area contributed by atoms with Gasteiger partial charge in [-0.05, 0) is 47.8 Å². The number of carbonyl (C=O) groups excluding carboxylic acids is 2. The van der Waals surface area contributed by atoms with Crippen LogP contribution in [0.25, 0.3) is 0 Å². The molecule has 0 radical (unpaired) electrons. The molecule has 22 heavy (non-hydrogen) atoms. The summed E-state index contributed by atoms with van der Waals surface area (Å²) < 4.78 is 11.4. The van der Waals surface area contributed by atoms with Crippen molar-refractivity contribution in [3.63, 3.8) is 0 Å². The number of likely N-dealkylation sites (tertiary alicyclic amines) is 1. The fourth-order valence-corrected chi connectivity index (χ4v) is 2.85. The standard InChI is InChI=1S/C16H20BrNO4/c1-2-21-16(20)12-6-5-9-18(10-12)15(19)11-22-14-8-4-3-7-13(14)17/h3-4,7-8,12H,2,5-6,9-11H2,1H3. The number of nitrogens with zero attached hydrogens (tertiary/aromatic N) is 1. The molecule has 5 nitrogen and oxygen atoms in total. The molecule has 1 fully saturated rings. The van der Waals surface area contributed by atoms with Gasteiger partial charge in [-0.2, -0.15) is 0 Å². The lowest BCUT2D eigenvalue weighted by atomic mass is 9.98. The molecule has 1 atom stereocenters. The van der Waals surface area contributed by atoms with Crippen LogP contribution in [0.5, 0.6) is 5.75 Å². The maximum absolute atomic E-state index is 12.2. The second-order valence-corrected chi connectivity index (χ2v) is 6.00. The van der Waals surface area contributed by atoms with Crippen molar-refractivity contribution in [2.75, 3.05) is 26.3 Å². The molecule has 1 aromatic carbocycles. The number of hydrogen-bond acceptors (Lipinski definition) is 4. The second-order valence-electron chi connectivity index (χ2n) is 5.15. The van der Waals surface area contributed by atoms with Gasteiger partial charge in [-0.15, -0.1) is 0 Å². The molecule has 1 aromatic rings. The molecule has 1 saturated heterocycles. The quantitative estimate of drug-likeness (QED) is 0.748. The van der Waals surface area contributed by atoms with E-state index >= 15 is 0 Å². The first kappa shape index (κ1) is 16.8. The summed E-state index contributed by atoms with van der Waals surface area (Å²) in [4.78, 5) is 25.7. The first-order valence-corrected chi connectivity index (χ1v) is 8.23. The Bertz CT molecular complexity index is 535. The Hall–Kier alpha value is -1.56. The first-order valence-electron chi connectivity index (χ1n) is 7.43. The third-order valence-electron chi connectivity index (χ3n) is 3.58. The van der Waals surface area contributed by atoms with E-state index < -0.39 is 0 Å². The average Bonchev–Trinajstić information content (AvgIpc) is 2.54. The summed E-state index contributed by atoms with van der Waals surface area (Å²) in [5.41, 5.74) is 0.